The van der Waals surface area contributed by atoms with Gasteiger partial charge in [-0.15, -0.1) is 0 Å². The number of imidazole rings is 2. The van der Waals surface area contributed by atoms with Crippen LogP contribution in [0.1, 0.15) is 120 Å². The Morgan fingerprint density at radius 3 is 2.12 bits per heavy atom. The Morgan fingerprint density at radius 2 is 1.40 bits per heavy atom. The first-order valence-corrected chi connectivity index (χ1v) is 24.7. The number of benzene rings is 3. The summed E-state index contributed by atoms with van der Waals surface area (Å²) in [6, 6.07) is 19.0. The second kappa shape index (κ2) is 17.1. The minimum Gasteiger partial charge on any atom is -0.453 e. The molecule has 14 heteroatoms. The number of nitrogens with zero attached hydrogens (tertiary/aromatic N) is 4. The van der Waals surface area contributed by atoms with Crippen LogP contribution in [0, 0.1) is 29.6 Å². The number of amides is 3. The van der Waals surface area contributed by atoms with Gasteiger partial charge >= 0.3 is 12.2 Å². The van der Waals surface area contributed by atoms with Crippen molar-refractivity contribution in [1.29, 1.82) is 0 Å². The van der Waals surface area contributed by atoms with Gasteiger partial charge in [-0.05, 0) is 144 Å². The van der Waals surface area contributed by atoms with Crippen molar-refractivity contribution >= 4 is 29.1 Å². The number of rotatable bonds is 12. The van der Waals surface area contributed by atoms with Crippen LogP contribution >= 0.6 is 0 Å². The highest BCUT2D eigenvalue weighted by molar-refractivity contribution is 5.88. The van der Waals surface area contributed by atoms with Crippen molar-refractivity contribution in [3.63, 3.8) is 0 Å². The van der Waals surface area contributed by atoms with E-state index in [4.69, 9.17) is 19.4 Å². The highest BCUT2D eigenvalue weighted by Gasteiger charge is 2.53. The van der Waals surface area contributed by atoms with Crippen LogP contribution in [-0.2, 0) is 20.7 Å². The van der Waals surface area contributed by atoms with Crippen molar-refractivity contribution in [2.45, 2.75) is 134 Å². The topological polar surface area (TPSA) is 178 Å². The molecular weight excluding hydrogens is 845 g/mol. The third kappa shape index (κ3) is 7.40. The van der Waals surface area contributed by atoms with Gasteiger partial charge in [0.2, 0.25) is 5.91 Å². The number of H-pyrrole nitrogens is 2. The third-order valence-corrected chi connectivity index (χ3v) is 16.8. The molecule has 2 aromatic heterocycles. The highest BCUT2D eigenvalue weighted by Crippen LogP contribution is 2.57. The van der Waals surface area contributed by atoms with Crippen LogP contribution in [0.15, 0.2) is 60.8 Å². The second-order valence-electron chi connectivity index (χ2n) is 21.0. The first-order chi connectivity index (χ1) is 32.4. The Balaban J connectivity index is 0.850. The summed E-state index contributed by atoms with van der Waals surface area (Å²) in [6.45, 7) is 7.91. The molecule has 3 amide bonds. The van der Waals surface area contributed by atoms with E-state index in [2.05, 4.69) is 80.1 Å². The number of aromatic nitrogens is 4. The molecule has 4 aliphatic carbocycles. The first kappa shape index (κ1) is 43.8. The number of methoxy groups -OCH3 is 2. The molecule has 2 aliphatic heterocycles. The van der Waals surface area contributed by atoms with Crippen LogP contribution in [0.3, 0.4) is 0 Å². The number of carbonyl (C=O) groups is 3. The molecular formula is C53H64N8O6. The maximum atomic E-state index is 14.1. The fourth-order valence-corrected chi connectivity index (χ4v) is 13.3. The minimum absolute atomic E-state index is 0.000975. The zero-order valence-electron chi connectivity index (χ0n) is 39.4. The number of aliphatic hydroxyl groups excluding tert-OH is 1. The molecule has 4 bridgehead atoms. The number of aliphatic hydroxyl groups is 1. The summed E-state index contributed by atoms with van der Waals surface area (Å²) in [7, 11) is 2.67. The van der Waals surface area contributed by atoms with E-state index in [1.165, 1.54) is 60.4 Å². The summed E-state index contributed by atoms with van der Waals surface area (Å²) in [4.78, 5) is 60.2. The van der Waals surface area contributed by atoms with E-state index in [9.17, 15) is 19.5 Å². The lowest BCUT2D eigenvalue weighted by molar-refractivity contribution is -0.139. The smallest absolute Gasteiger partial charge is 0.407 e. The van der Waals surface area contributed by atoms with E-state index in [0.29, 0.717) is 23.7 Å². The van der Waals surface area contributed by atoms with Crippen molar-refractivity contribution in [1.82, 2.24) is 40.4 Å². The van der Waals surface area contributed by atoms with Crippen molar-refractivity contribution < 1.29 is 29.0 Å². The number of hydrogen-bond donors (Lipinski definition) is 5. The summed E-state index contributed by atoms with van der Waals surface area (Å²) in [5.41, 5.74) is 11.8. The lowest BCUT2D eigenvalue weighted by atomic mass is 9.73. The van der Waals surface area contributed by atoms with Gasteiger partial charge < -0.3 is 40.1 Å². The van der Waals surface area contributed by atoms with Crippen molar-refractivity contribution in [2.75, 3.05) is 14.2 Å². The van der Waals surface area contributed by atoms with Gasteiger partial charge in [0.1, 0.15) is 23.9 Å². The summed E-state index contributed by atoms with van der Waals surface area (Å²) in [6.07, 6.45) is 9.50. The Labute approximate surface area is 392 Å². The molecule has 5 aromatic rings. The van der Waals surface area contributed by atoms with Gasteiger partial charge in [-0.2, -0.15) is 0 Å². The lowest BCUT2D eigenvalue weighted by Crippen LogP contribution is -2.56. The predicted molar refractivity (Wildman–Crippen MR) is 254 cm³/mol. The van der Waals surface area contributed by atoms with Crippen LogP contribution in [0.25, 0.3) is 44.5 Å². The van der Waals surface area contributed by atoms with Gasteiger partial charge in [-0.25, -0.2) is 19.6 Å². The van der Waals surface area contributed by atoms with E-state index in [0.717, 1.165) is 78.9 Å². The number of piperidine rings is 2. The van der Waals surface area contributed by atoms with Crippen LogP contribution < -0.4 is 10.6 Å². The van der Waals surface area contributed by atoms with Crippen LogP contribution in [0.4, 0.5) is 9.59 Å². The van der Waals surface area contributed by atoms with Crippen molar-refractivity contribution in [3.05, 3.63) is 83.6 Å². The van der Waals surface area contributed by atoms with Gasteiger partial charge in [0.15, 0.2) is 0 Å². The first-order valence-electron chi connectivity index (χ1n) is 24.7. The third-order valence-electron chi connectivity index (χ3n) is 16.8. The zero-order chi connectivity index (χ0) is 46.4. The van der Waals surface area contributed by atoms with Crippen molar-refractivity contribution in [3.8, 4) is 33.5 Å². The standard InChI is InChI=1S/C53H64N8O6/c1-26(2)44(58-52(64)66-5)50(62)60-34-15-11-32(21-34)46(60)48-54-25-42(57-48)29-9-7-28(8-10-29)37-19-18-36(39-23-30-13-17-38(30)43(37)39)31-14-20-40-41(24-31)56-49(55-40)47-33-12-16-35(22-33)61(47)51(63)45(27(3)4)59-53(65)67-6/h7-10,14,18-20,24-27,30,32-35,38,44-47,51,63H,11-13,15-17,21-23H2,1-6H3,(H,54,57)(H,55,56)(H,58,64)(H,59,65)/t30?,32-,33+,34-,35+,38?,44-,45-,46-,47-,51?/m0/s1. The molecule has 6 aliphatic rings. The Kier molecular flexibility index (Phi) is 11.2. The molecule has 0 spiro atoms. The SMILES string of the molecule is COC(=O)N[C@@H](C(C)C)C(O)N1[C@@H]2CC[C@H](C2)[C@H]1c1nc2ccc(-c3ccc(-c4ccc(-c5cnc([C@@H]6[C@H]7CC[C@@H](C7)N6C(=O)[C@@H](NC(=O)OC)C(C)C)[nH]5)cc4)c4c3CC3CCC43)cc2[nH]1. The second-order valence-corrected chi connectivity index (χ2v) is 21.0. The lowest BCUT2D eigenvalue weighted by Gasteiger charge is -2.41. The van der Waals surface area contributed by atoms with Gasteiger partial charge in [0.05, 0.1) is 55.3 Å². The summed E-state index contributed by atoms with van der Waals surface area (Å²) >= 11 is 0. The Morgan fingerprint density at radius 1 is 0.731 bits per heavy atom. The van der Waals surface area contributed by atoms with Gasteiger partial charge in [0.25, 0.3) is 0 Å². The quantitative estimate of drug-likeness (QED) is 0.0818. The Hall–Kier alpha value is -5.73. The molecule has 67 heavy (non-hydrogen) atoms. The van der Waals surface area contributed by atoms with E-state index < -0.39 is 30.5 Å². The van der Waals surface area contributed by atoms with Gasteiger partial charge in [-0.1, -0.05) is 70.2 Å². The highest BCUT2D eigenvalue weighted by atomic mass is 16.5. The predicted octanol–water partition coefficient (Wildman–Crippen LogP) is 8.99. The number of fused-ring (bicyclic) bond motifs is 8. The maximum Gasteiger partial charge on any atom is 0.407 e. The number of ether oxygens (including phenoxy) is 2. The molecule has 0 radical (unpaired) electrons. The molecule has 3 aromatic carbocycles. The average Bonchev–Trinajstić information content (AvgIpc) is 4.20. The molecule has 5 fully saturated rings. The molecule has 5 N–H and O–H groups in total. The summed E-state index contributed by atoms with van der Waals surface area (Å²) in [5, 5.41) is 17.6. The molecule has 11 rings (SSSR count). The number of carbonyl (C=O) groups excluding carboxylic acids is 3. The summed E-state index contributed by atoms with van der Waals surface area (Å²) in [5.74, 6) is 3.42. The van der Waals surface area contributed by atoms with Gasteiger partial charge in [-0.3, -0.25) is 9.69 Å². The van der Waals surface area contributed by atoms with Crippen LogP contribution in [0.2, 0.25) is 0 Å². The largest absolute Gasteiger partial charge is 0.453 e. The molecule has 2 saturated heterocycles. The molecule has 4 heterocycles. The molecule has 14 nitrogen and oxygen atoms in total. The fraction of sp³-hybridized carbons (Fsp3) is 0.528. The molecule has 11 atom stereocenters. The molecule has 3 unspecified atom stereocenters. The van der Waals surface area contributed by atoms with Crippen molar-refractivity contribution in [2.24, 2.45) is 29.6 Å². The maximum absolute atomic E-state index is 14.1. The van der Waals surface area contributed by atoms with Gasteiger partial charge in [0, 0.05) is 12.1 Å². The van der Waals surface area contributed by atoms with E-state index in [1.54, 1.807) is 0 Å². The number of alkyl carbamates (subject to hydrolysis) is 2. The molecule has 352 valence electrons. The Bertz CT molecular complexity index is 2710. The zero-order valence-corrected chi connectivity index (χ0v) is 39.4. The average molecular weight is 909 g/mol. The number of nitrogens with one attached hydrogen (secondary N) is 4. The van der Waals surface area contributed by atoms with Crippen LogP contribution in [0.5, 0.6) is 0 Å². The minimum atomic E-state index is -0.876. The summed E-state index contributed by atoms with van der Waals surface area (Å²) < 4.78 is 9.79. The molecule has 3 saturated carbocycles. The van der Waals surface area contributed by atoms with Crippen LogP contribution in [-0.4, -0.2) is 97.6 Å². The van der Waals surface area contributed by atoms with E-state index in [1.807, 2.05) is 38.8 Å². The number of aromatic amines is 2. The monoisotopic (exact) mass is 908 g/mol. The normalized spacial score (nSPS) is 27.3. The van der Waals surface area contributed by atoms with E-state index >= 15 is 0 Å². The number of hydrogen-bond acceptors (Lipinski definition) is 9. The number of likely N-dealkylation sites (tertiary alicyclic amines) is 2. The fourth-order valence-electron chi connectivity index (χ4n) is 13.3. The van der Waals surface area contributed by atoms with E-state index in [-0.39, 0.29) is 41.9 Å².